The van der Waals surface area contributed by atoms with E-state index in [1.807, 2.05) is 36.4 Å². The normalized spacial score (nSPS) is 18.4. The second-order valence-corrected chi connectivity index (χ2v) is 10.6. The molecule has 0 unspecified atom stereocenters. The van der Waals surface area contributed by atoms with Crippen molar-refractivity contribution < 1.29 is 19.1 Å². The molecule has 2 aliphatic carbocycles. The summed E-state index contributed by atoms with van der Waals surface area (Å²) in [5, 5.41) is 3.46. The standard InChI is InChI=1S/C27H25Br2NO4/c1-33-23-13-16(12-18(29)27(23)34-14-15-8-10-17(28)11-9-15)24-25-19(4-2-6-21(25)31)30-20-5-3-7-22(32)26(20)24/h8-13,24,30H,2-7,14H2,1H3. The van der Waals surface area contributed by atoms with Gasteiger partial charge in [0.25, 0.3) is 0 Å². The minimum atomic E-state index is -0.377. The van der Waals surface area contributed by atoms with Crippen LogP contribution in [0.15, 0.2) is 67.9 Å². The van der Waals surface area contributed by atoms with Crippen LogP contribution in [0.1, 0.15) is 55.6 Å². The van der Waals surface area contributed by atoms with E-state index in [1.165, 1.54) is 0 Å². The van der Waals surface area contributed by atoms with Gasteiger partial charge in [-0.3, -0.25) is 9.59 Å². The summed E-state index contributed by atoms with van der Waals surface area (Å²) in [7, 11) is 1.60. The topological polar surface area (TPSA) is 64.6 Å². The second kappa shape index (κ2) is 9.70. The van der Waals surface area contributed by atoms with Gasteiger partial charge >= 0.3 is 0 Å². The lowest BCUT2D eigenvalue weighted by Gasteiger charge is -2.37. The molecule has 5 rings (SSSR count). The third-order valence-electron chi connectivity index (χ3n) is 6.67. The van der Waals surface area contributed by atoms with E-state index in [0.717, 1.165) is 68.3 Å². The minimum absolute atomic E-state index is 0.120. The molecule has 2 aromatic carbocycles. The van der Waals surface area contributed by atoms with Crippen molar-refractivity contribution in [3.05, 3.63) is 79.0 Å². The van der Waals surface area contributed by atoms with Crippen LogP contribution in [0.25, 0.3) is 0 Å². The SMILES string of the molecule is COc1cc(C2C3=C(CCCC3=O)NC3=C2C(=O)CCC3)cc(Br)c1OCc1ccc(Br)cc1. The number of carbonyl (C=O) groups excluding carboxylic acids is 2. The van der Waals surface area contributed by atoms with Gasteiger partial charge in [-0.2, -0.15) is 0 Å². The van der Waals surface area contributed by atoms with Gasteiger partial charge in [-0.05, 0) is 77.0 Å². The lowest BCUT2D eigenvalue weighted by molar-refractivity contribution is -0.116. The van der Waals surface area contributed by atoms with E-state index in [0.29, 0.717) is 30.9 Å². The Bertz CT molecular complexity index is 1190. The van der Waals surface area contributed by atoms with Gasteiger partial charge in [0, 0.05) is 45.8 Å². The first-order valence-corrected chi connectivity index (χ1v) is 13.1. The highest BCUT2D eigenvalue weighted by Crippen LogP contribution is 2.48. The number of benzene rings is 2. The molecule has 0 spiro atoms. The summed E-state index contributed by atoms with van der Waals surface area (Å²) >= 11 is 7.12. The van der Waals surface area contributed by atoms with Crippen LogP contribution < -0.4 is 14.8 Å². The Hall–Kier alpha value is -2.38. The summed E-state index contributed by atoms with van der Waals surface area (Å²) in [6.07, 6.45) is 4.36. The molecule has 2 aromatic rings. The zero-order valence-electron chi connectivity index (χ0n) is 18.9. The van der Waals surface area contributed by atoms with Crippen LogP contribution in [-0.2, 0) is 16.2 Å². The summed E-state index contributed by atoms with van der Waals surface area (Å²) in [4.78, 5) is 26.2. The van der Waals surface area contributed by atoms with Gasteiger partial charge in [0.2, 0.25) is 0 Å². The Morgan fingerprint density at radius 3 is 2.12 bits per heavy atom. The van der Waals surface area contributed by atoms with Crippen molar-refractivity contribution in [1.82, 2.24) is 5.32 Å². The van der Waals surface area contributed by atoms with Gasteiger partial charge in [-0.15, -0.1) is 0 Å². The number of rotatable bonds is 5. The second-order valence-electron chi connectivity index (χ2n) is 8.85. The number of allylic oxidation sites excluding steroid dienone is 4. The minimum Gasteiger partial charge on any atom is -0.493 e. The number of hydrogen-bond donors (Lipinski definition) is 1. The first kappa shape index (κ1) is 23.4. The fourth-order valence-corrected chi connectivity index (χ4v) is 5.94. The average molecular weight is 587 g/mol. The van der Waals surface area contributed by atoms with Crippen molar-refractivity contribution in [2.24, 2.45) is 0 Å². The molecule has 0 amide bonds. The monoisotopic (exact) mass is 585 g/mol. The van der Waals surface area contributed by atoms with Crippen molar-refractivity contribution in [3.63, 3.8) is 0 Å². The first-order valence-electron chi connectivity index (χ1n) is 11.5. The number of nitrogens with one attached hydrogen (secondary N) is 1. The van der Waals surface area contributed by atoms with E-state index in [9.17, 15) is 9.59 Å². The first-order chi connectivity index (χ1) is 16.5. The van der Waals surface area contributed by atoms with E-state index >= 15 is 0 Å². The van der Waals surface area contributed by atoms with E-state index in [4.69, 9.17) is 9.47 Å². The van der Waals surface area contributed by atoms with Crippen LogP contribution >= 0.6 is 31.9 Å². The maximum absolute atomic E-state index is 13.1. The Balaban J connectivity index is 1.55. The molecule has 1 heterocycles. The number of carbonyl (C=O) groups is 2. The van der Waals surface area contributed by atoms with Crippen LogP contribution in [0.3, 0.4) is 0 Å². The summed E-state index contributed by atoms with van der Waals surface area (Å²) in [6.45, 7) is 0.385. The quantitative estimate of drug-likeness (QED) is 0.433. The number of ether oxygens (including phenoxy) is 2. The zero-order chi connectivity index (χ0) is 23.8. The molecule has 5 nitrogen and oxygen atoms in total. The Kier molecular flexibility index (Phi) is 6.67. The Morgan fingerprint density at radius 1 is 0.912 bits per heavy atom. The van der Waals surface area contributed by atoms with Crippen molar-refractivity contribution >= 4 is 43.4 Å². The zero-order valence-corrected chi connectivity index (χ0v) is 22.1. The van der Waals surface area contributed by atoms with Gasteiger partial charge in [-0.1, -0.05) is 28.1 Å². The molecule has 7 heteroatoms. The van der Waals surface area contributed by atoms with Gasteiger partial charge in [0.15, 0.2) is 23.1 Å². The number of hydrogen-bond acceptors (Lipinski definition) is 5. The van der Waals surface area contributed by atoms with Gasteiger partial charge in [0.05, 0.1) is 11.6 Å². The third-order valence-corrected chi connectivity index (χ3v) is 7.79. The van der Waals surface area contributed by atoms with Crippen molar-refractivity contribution in [3.8, 4) is 11.5 Å². The number of ketones is 2. The summed E-state index contributed by atoms with van der Waals surface area (Å²) in [5.74, 6) is 1.02. The highest BCUT2D eigenvalue weighted by molar-refractivity contribution is 9.10. The van der Waals surface area contributed by atoms with Gasteiger partial charge in [-0.25, -0.2) is 0 Å². The van der Waals surface area contributed by atoms with Crippen molar-refractivity contribution in [2.45, 2.75) is 51.0 Å². The summed E-state index contributed by atoms with van der Waals surface area (Å²) in [5.41, 5.74) is 5.31. The van der Waals surface area contributed by atoms with E-state index < -0.39 is 0 Å². The van der Waals surface area contributed by atoms with Crippen molar-refractivity contribution in [2.75, 3.05) is 7.11 Å². The summed E-state index contributed by atoms with van der Waals surface area (Å²) in [6, 6.07) is 11.8. The molecule has 0 radical (unpaired) electrons. The maximum Gasteiger partial charge on any atom is 0.175 e. The molecule has 0 saturated carbocycles. The smallest absolute Gasteiger partial charge is 0.175 e. The van der Waals surface area contributed by atoms with Crippen LogP contribution in [-0.4, -0.2) is 18.7 Å². The van der Waals surface area contributed by atoms with Crippen LogP contribution in [0.2, 0.25) is 0 Å². The number of Topliss-reactive ketones (excluding diaryl/α,β-unsaturated/α-hetero) is 2. The molecule has 0 atom stereocenters. The predicted octanol–water partition coefficient (Wildman–Crippen LogP) is 6.50. The molecule has 34 heavy (non-hydrogen) atoms. The molecule has 0 fully saturated rings. The Labute approximate surface area is 215 Å². The van der Waals surface area contributed by atoms with Gasteiger partial charge in [0.1, 0.15) is 6.61 Å². The van der Waals surface area contributed by atoms with E-state index in [1.54, 1.807) is 7.11 Å². The molecule has 0 saturated heterocycles. The lowest BCUT2D eigenvalue weighted by Crippen LogP contribution is -2.36. The largest absolute Gasteiger partial charge is 0.493 e. The molecular weight excluding hydrogens is 562 g/mol. The molecule has 3 aliphatic rings. The predicted molar refractivity (Wildman–Crippen MR) is 137 cm³/mol. The molecule has 0 bridgehead atoms. The van der Waals surface area contributed by atoms with E-state index in [2.05, 4.69) is 37.2 Å². The lowest BCUT2D eigenvalue weighted by atomic mass is 9.71. The average Bonchev–Trinajstić information content (AvgIpc) is 2.83. The maximum atomic E-state index is 13.1. The summed E-state index contributed by atoms with van der Waals surface area (Å²) < 4.78 is 13.6. The molecule has 0 aromatic heterocycles. The van der Waals surface area contributed by atoms with Crippen LogP contribution in [0, 0.1) is 0 Å². The van der Waals surface area contributed by atoms with Gasteiger partial charge < -0.3 is 14.8 Å². The molecular formula is C27H25Br2NO4. The highest BCUT2D eigenvalue weighted by atomic mass is 79.9. The van der Waals surface area contributed by atoms with Crippen molar-refractivity contribution in [1.29, 1.82) is 0 Å². The number of dihydropyridines is 1. The third kappa shape index (κ3) is 4.36. The Morgan fingerprint density at radius 2 is 1.53 bits per heavy atom. The fourth-order valence-electron chi connectivity index (χ4n) is 5.10. The van der Waals surface area contributed by atoms with E-state index in [-0.39, 0.29) is 17.5 Å². The number of halogens is 2. The molecule has 176 valence electrons. The van der Waals surface area contributed by atoms with Crippen LogP contribution in [0.5, 0.6) is 11.5 Å². The molecule has 1 N–H and O–H groups in total. The molecule has 1 aliphatic heterocycles. The fraction of sp³-hybridized carbons (Fsp3) is 0.333. The van der Waals surface area contributed by atoms with Crippen LogP contribution in [0.4, 0.5) is 0 Å². The highest BCUT2D eigenvalue weighted by Gasteiger charge is 2.40. The number of methoxy groups -OCH3 is 1.